The number of nitrogens with two attached hydrogens (primary N) is 1. The van der Waals surface area contributed by atoms with Gasteiger partial charge in [-0.25, -0.2) is 4.39 Å². The highest BCUT2D eigenvalue weighted by molar-refractivity contribution is 5.63. The number of aryl methyl sites for hydroxylation is 1. The summed E-state index contributed by atoms with van der Waals surface area (Å²) >= 11 is 0. The van der Waals surface area contributed by atoms with Gasteiger partial charge in [-0.05, 0) is 22.8 Å². The van der Waals surface area contributed by atoms with E-state index in [1.807, 2.05) is 42.1 Å². The molecule has 0 saturated carbocycles. The highest BCUT2D eigenvalue weighted by atomic mass is 19.1. The molecule has 19 heavy (non-hydrogen) atoms. The summed E-state index contributed by atoms with van der Waals surface area (Å²) in [6.45, 7) is -0.598. The minimum atomic E-state index is -0.632. The number of nitrogens with zero attached hydrogens (tertiary/aromatic N) is 1. The number of methoxy groups -OCH3 is 1. The Morgan fingerprint density at radius 1 is 1.21 bits per heavy atom. The van der Waals surface area contributed by atoms with Crippen LogP contribution in [-0.4, -0.2) is 24.4 Å². The average molecular weight is 262 g/mol. The summed E-state index contributed by atoms with van der Waals surface area (Å²) in [5, 5.41) is 0. The van der Waals surface area contributed by atoms with E-state index in [1.54, 1.807) is 7.11 Å². The minimum absolute atomic E-state index is 0.408. The van der Waals surface area contributed by atoms with Gasteiger partial charge >= 0.3 is 0 Å². The lowest BCUT2D eigenvalue weighted by Crippen LogP contribution is -2.31. The van der Waals surface area contributed by atoms with E-state index in [9.17, 15) is 4.39 Å². The van der Waals surface area contributed by atoms with Gasteiger partial charge < -0.3 is 15.0 Å². The Kier molecular flexibility index (Phi) is 4.35. The van der Waals surface area contributed by atoms with Gasteiger partial charge in [0.05, 0.1) is 12.1 Å². The van der Waals surface area contributed by atoms with Crippen molar-refractivity contribution in [3.05, 3.63) is 48.3 Å². The molecule has 102 valence electrons. The Labute approximate surface area is 112 Å². The molecule has 0 radical (unpaired) electrons. The number of aromatic nitrogens is 1. The fourth-order valence-electron chi connectivity index (χ4n) is 2.18. The van der Waals surface area contributed by atoms with Crippen LogP contribution in [0.5, 0.6) is 0 Å². The van der Waals surface area contributed by atoms with Crippen LogP contribution < -0.4 is 5.73 Å². The van der Waals surface area contributed by atoms with E-state index in [-0.39, 0.29) is 0 Å². The van der Waals surface area contributed by atoms with Crippen LogP contribution in [-0.2, 0) is 11.8 Å². The van der Waals surface area contributed by atoms with Crippen LogP contribution >= 0.6 is 0 Å². The third-order valence-corrected chi connectivity index (χ3v) is 3.23. The Morgan fingerprint density at radius 3 is 2.37 bits per heavy atom. The number of hydrogen-bond donors (Lipinski definition) is 1. The molecule has 0 spiro atoms. The molecule has 0 saturated heterocycles. The van der Waals surface area contributed by atoms with Gasteiger partial charge in [0.1, 0.15) is 6.67 Å². The summed E-state index contributed by atoms with van der Waals surface area (Å²) in [6, 6.07) is 9.30. The van der Waals surface area contributed by atoms with Crippen LogP contribution in [0.1, 0.15) is 11.7 Å². The van der Waals surface area contributed by atoms with E-state index in [1.165, 1.54) is 0 Å². The van der Waals surface area contributed by atoms with E-state index >= 15 is 0 Å². The second kappa shape index (κ2) is 5.99. The van der Waals surface area contributed by atoms with Crippen molar-refractivity contribution in [1.82, 2.24) is 4.57 Å². The molecule has 3 nitrogen and oxygen atoms in total. The normalized spacial score (nSPS) is 14.3. The van der Waals surface area contributed by atoms with E-state index in [2.05, 4.69) is 12.3 Å². The quantitative estimate of drug-likeness (QED) is 0.900. The number of benzene rings is 1. The SMILES string of the molecule is COC(c1ccc(-c2ccn(C)c2)cc1)C(N)CF. The van der Waals surface area contributed by atoms with Gasteiger partial charge in [-0.1, -0.05) is 24.3 Å². The molecule has 0 aliphatic rings. The van der Waals surface area contributed by atoms with Gasteiger partial charge in [0, 0.05) is 26.6 Å². The molecule has 2 atom stereocenters. The monoisotopic (exact) mass is 262 g/mol. The molecule has 1 aromatic heterocycles. The summed E-state index contributed by atoms with van der Waals surface area (Å²) in [4.78, 5) is 0. The first-order valence-corrected chi connectivity index (χ1v) is 6.22. The number of halogens is 1. The molecule has 2 rings (SSSR count). The Hall–Kier alpha value is -1.65. The van der Waals surface area contributed by atoms with Crippen molar-refractivity contribution in [3.8, 4) is 11.1 Å². The Balaban J connectivity index is 2.22. The zero-order valence-corrected chi connectivity index (χ0v) is 11.2. The largest absolute Gasteiger partial charge is 0.375 e. The molecule has 0 bridgehead atoms. The predicted molar refractivity (Wildman–Crippen MR) is 74.5 cm³/mol. The van der Waals surface area contributed by atoms with Crippen LogP contribution in [0.15, 0.2) is 42.7 Å². The first kappa shape index (κ1) is 13.8. The number of hydrogen-bond acceptors (Lipinski definition) is 2. The van der Waals surface area contributed by atoms with Gasteiger partial charge in [0.15, 0.2) is 0 Å². The molecule has 1 aromatic carbocycles. The number of alkyl halides is 1. The molecule has 0 fully saturated rings. The predicted octanol–water partition coefficient (Wildman–Crippen LogP) is 2.68. The zero-order chi connectivity index (χ0) is 13.8. The topological polar surface area (TPSA) is 40.2 Å². The van der Waals surface area contributed by atoms with Crippen molar-refractivity contribution >= 4 is 0 Å². The smallest absolute Gasteiger partial charge is 0.107 e. The van der Waals surface area contributed by atoms with Crippen molar-refractivity contribution in [2.24, 2.45) is 12.8 Å². The van der Waals surface area contributed by atoms with Gasteiger partial charge in [-0.3, -0.25) is 0 Å². The van der Waals surface area contributed by atoms with Gasteiger partial charge in [0.2, 0.25) is 0 Å². The molecule has 0 amide bonds. The van der Waals surface area contributed by atoms with Crippen molar-refractivity contribution < 1.29 is 9.13 Å². The van der Waals surface area contributed by atoms with Crippen molar-refractivity contribution in [3.63, 3.8) is 0 Å². The second-order valence-corrected chi connectivity index (χ2v) is 4.66. The minimum Gasteiger partial charge on any atom is -0.375 e. The number of rotatable bonds is 5. The molecule has 4 heteroatoms. The standard InChI is InChI=1S/C15H19FN2O/c1-18-8-7-13(10-18)11-3-5-12(6-4-11)15(19-2)14(17)9-16/h3-8,10,14-15H,9,17H2,1-2H3. The molecule has 1 heterocycles. The van der Waals surface area contributed by atoms with E-state index in [0.717, 1.165) is 16.7 Å². The van der Waals surface area contributed by atoms with Crippen LogP contribution in [0.4, 0.5) is 4.39 Å². The van der Waals surface area contributed by atoms with Crippen molar-refractivity contribution in [2.75, 3.05) is 13.8 Å². The fourth-order valence-corrected chi connectivity index (χ4v) is 2.18. The first-order valence-electron chi connectivity index (χ1n) is 6.22. The van der Waals surface area contributed by atoms with E-state index in [0.29, 0.717) is 0 Å². The van der Waals surface area contributed by atoms with Crippen LogP contribution in [0.2, 0.25) is 0 Å². The van der Waals surface area contributed by atoms with Gasteiger partial charge in [0.25, 0.3) is 0 Å². The molecule has 0 aliphatic heterocycles. The molecule has 0 aliphatic carbocycles. The third-order valence-electron chi connectivity index (χ3n) is 3.23. The Bertz CT molecular complexity index is 521. The lowest BCUT2D eigenvalue weighted by atomic mass is 10.0. The maximum absolute atomic E-state index is 12.6. The summed E-state index contributed by atoms with van der Waals surface area (Å²) in [5.41, 5.74) is 8.87. The summed E-state index contributed by atoms with van der Waals surface area (Å²) in [5.74, 6) is 0. The van der Waals surface area contributed by atoms with Crippen molar-refractivity contribution in [2.45, 2.75) is 12.1 Å². The zero-order valence-electron chi connectivity index (χ0n) is 11.2. The van der Waals surface area contributed by atoms with Crippen molar-refractivity contribution in [1.29, 1.82) is 0 Å². The summed E-state index contributed by atoms with van der Waals surface area (Å²) in [7, 11) is 3.53. The Morgan fingerprint density at radius 2 is 1.89 bits per heavy atom. The van der Waals surface area contributed by atoms with Crippen LogP contribution in [0, 0.1) is 0 Å². The third kappa shape index (κ3) is 3.03. The maximum Gasteiger partial charge on any atom is 0.107 e. The maximum atomic E-state index is 12.6. The average Bonchev–Trinajstić information content (AvgIpc) is 2.87. The fraction of sp³-hybridized carbons (Fsp3) is 0.333. The van der Waals surface area contributed by atoms with Gasteiger partial charge in [-0.2, -0.15) is 0 Å². The highest BCUT2D eigenvalue weighted by Gasteiger charge is 2.19. The summed E-state index contributed by atoms with van der Waals surface area (Å²) < 4.78 is 19.9. The molecule has 2 unspecified atom stereocenters. The van der Waals surface area contributed by atoms with E-state index < -0.39 is 18.8 Å². The van der Waals surface area contributed by atoms with Gasteiger partial charge in [-0.15, -0.1) is 0 Å². The second-order valence-electron chi connectivity index (χ2n) is 4.66. The molecular formula is C15H19FN2O. The van der Waals surface area contributed by atoms with Crippen LogP contribution in [0.25, 0.3) is 11.1 Å². The molecule has 2 N–H and O–H groups in total. The van der Waals surface area contributed by atoms with Crippen LogP contribution in [0.3, 0.4) is 0 Å². The lowest BCUT2D eigenvalue weighted by molar-refractivity contribution is 0.0721. The highest BCUT2D eigenvalue weighted by Crippen LogP contribution is 2.25. The lowest BCUT2D eigenvalue weighted by Gasteiger charge is -2.20. The first-order chi connectivity index (χ1) is 9.15. The number of ether oxygens (including phenoxy) is 1. The van der Waals surface area contributed by atoms with E-state index in [4.69, 9.17) is 10.5 Å². The summed E-state index contributed by atoms with van der Waals surface area (Å²) in [6.07, 6.45) is 3.64. The molecule has 2 aromatic rings. The molecular weight excluding hydrogens is 243 g/mol.